The lowest BCUT2D eigenvalue weighted by atomic mass is 9.85. The average molecular weight is 483 g/mol. The molecule has 1 saturated heterocycles. The Kier molecular flexibility index (Phi) is 6.12. The van der Waals surface area contributed by atoms with E-state index in [1.807, 2.05) is 0 Å². The molecule has 5 rings (SSSR count). The topological polar surface area (TPSA) is 133 Å². The highest BCUT2D eigenvalue weighted by Crippen LogP contribution is 2.36. The molecular weight excluding hydrogens is 456 g/mol. The van der Waals surface area contributed by atoms with Gasteiger partial charge in [-0.05, 0) is 43.2 Å². The maximum atomic E-state index is 12.9. The number of hydrogen-bond donors (Lipinski definition) is 2. The molecular formula is C23H26N6O4S. The molecule has 0 spiro atoms. The molecule has 178 valence electrons. The van der Waals surface area contributed by atoms with Gasteiger partial charge < -0.3 is 15.0 Å². The molecule has 34 heavy (non-hydrogen) atoms. The highest BCUT2D eigenvalue weighted by molar-refractivity contribution is 7.89. The van der Waals surface area contributed by atoms with Crippen LogP contribution >= 0.6 is 0 Å². The van der Waals surface area contributed by atoms with E-state index >= 15 is 0 Å². The lowest BCUT2D eigenvalue weighted by molar-refractivity contribution is 0.0730. The van der Waals surface area contributed by atoms with Crippen molar-refractivity contribution in [2.75, 3.05) is 31.6 Å². The molecule has 1 aliphatic heterocycles. The summed E-state index contributed by atoms with van der Waals surface area (Å²) in [6, 6.07) is 10.5. The highest BCUT2D eigenvalue weighted by Gasteiger charge is 2.30. The SMILES string of the molecule is N#CC1CCCCC1n1nc(Nc2ccc(S(=O)(=O)N3CCOCC3)cc2)c2c(=O)[nH]ccc21. The zero-order valence-electron chi connectivity index (χ0n) is 18.6. The summed E-state index contributed by atoms with van der Waals surface area (Å²) in [5, 5.41) is 17.9. The third kappa shape index (κ3) is 4.09. The molecule has 2 aliphatic rings. The van der Waals surface area contributed by atoms with E-state index in [1.165, 1.54) is 4.31 Å². The van der Waals surface area contributed by atoms with Crippen molar-refractivity contribution in [3.63, 3.8) is 0 Å². The van der Waals surface area contributed by atoms with Crippen LogP contribution in [-0.4, -0.2) is 53.8 Å². The average Bonchev–Trinajstić information content (AvgIpc) is 3.24. The van der Waals surface area contributed by atoms with Crippen LogP contribution in [0.1, 0.15) is 31.7 Å². The smallest absolute Gasteiger partial charge is 0.261 e. The van der Waals surface area contributed by atoms with Gasteiger partial charge in [-0.25, -0.2) is 8.42 Å². The third-order valence-electron chi connectivity index (χ3n) is 6.56. The Bertz CT molecular complexity index is 1380. The molecule has 2 fully saturated rings. The molecule has 2 N–H and O–H groups in total. The van der Waals surface area contributed by atoms with Gasteiger partial charge in [-0.2, -0.15) is 14.7 Å². The molecule has 1 aromatic carbocycles. The van der Waals surface area contributed by atoms with Crippen molar-refractivity contribution in [2.45, 2.75) is 36.6 Å². The summed E-state index contributed by atoms with van der Waals surface area (Å²) in [4.78, 5) is 15.6. The quantitative estimate of drug-likeness (QED) is 0.571. The van der Waals surface area contributed by atoms with Crippen molar-refractivity contribution in [3.05, 3.63) is 46.9 Å². The van der Waals surface area contributed by atoms with Gasteiger partial charge >= 0.3 is 0 Å². The number of hydrogen-bond acceptors (Lipinski definition) is 7. The fraction of sp³-hybridized carbons (Fsp3) is 0.435. The second-order valence-corrected chi connectivity index (χ2v) is 10.6. The zero-order chi connectivity index (χ0) is 23.7. The first-order chi connectivity index (χ1) is 16.5. The van der Waals surface area contributed by atoms with Gasteiger partial charge in [0.15, 0.2) is 5.82 Å². The number of ether oxygens (including phenoxy) is 1. The van der Waals surface area contributed by atoms with Gasteiger partial charge in [-0.3, -0.25) is 9.48 Å². The molecule has 11 heteroatoms. The monoisotopic (exact) mass is 482 g/mol. The largest absolute Gasteiger partial charge is 0.379 e. The van der Waals surface area contributed by atoms with E-state index in [0.717, 1.165) is 25.7 Å². The Hall–Kier alpha value is -3.20. The number of sulfonamides is 1. The minimum Gasteiger partial charge on any atom is -0.379 e. The summed E-state index contributed by atoms with van der Waals surface area (Å²) in [7, 11) is -3.59. The molecule has 3 heterocycles. The summed E-state index contributed by atoms with van der Waals surface area (Å²) in [5.41, 5.74) is 1.00. The Balaban J connectivity index is 1.46. The van der Waals surface area contributed by atoms with Crippen molar-refractivity contribution >= 4 is 32.4 Å². The van der Waals surface area contributed by atoms with Gasteiger partial charge in [-0.15, -0.1) is 0 Å². The number of nitrogens with zero attached hydrogens (tertiary/aromatic N) is 4. The first-order valence-corrected chi connectivity index (χ1v) is 12.9. The van der Waals surface area contributed by atoms with Gasteiger partial charge in [0.1, 0.15) is 5.39 Å². The fourth-order valence-corrected chi connectivity index (χ4v) is 6.19. The number of fused-ring (bicyclic) bond motifs is 1. The number of aromatic nitrogens is 3. The normalized spacial score (nSPS) is 21.9. The number of pyridine rings is 1. The van der Waals surface area contributed by atoms with Gasteiger partial charge in [0.25, 0.3) is 5.56 Å². The van der Waals surface area contributed by atoms with E-state index in [-0.39, 0.29) is 22.4 Å². The Labute approximate surface area is 197 Å². The van der Waals surface area contributed by atoms with Gasteiger partial charge in [0.05, 0.1) is 41.7 Å². The van der Waals surface area contributed by atoms with Crippen molar-refractivity contribution in [3.8, 4) is 6.07 Å². The van der Waals surface area contributed by atoms with Gasteiger partial charge in [-0.1, -0.05) is 12.8 Å². The van der Waals surface area contributed by atoms with Crippen molar-refractivity contribution in [1.82, 2.24) is 19.1 Å². The van der Waals surface area contributed by atoms with Gasteiger partial charge in [0.2, 0.25) is 10.0 Å². The fourth-order valence-electron chi connectivity index (χ4n) is 4.78. The predicted molar refractivity (Wildman–Crippen MR) is 126 cm³/mol. The van der Waals surface area contributed by atoms with E-state index in [4.69, 9.17) is 9.84 Å². The lowest BCUT2D eigenvalue weighted by Crippen LogP contribution is -2.40. The summed E-state index contributed by atoms with van der Waals surface area (Å²) in [6.07, 6.45) is 5.25. The summed E-state index contributed by atoms with van der Waals surface area (Å²) in [6.45, 7) is 1.44. The number of aromatic amines is 1. The van der Waals surface area contributed by atoms with E-state index in [9.17, 15) is 18.5 Å². The highest BCUT2D eigenvalue weighted by atomic mass is 32.2. The minimum absolute atomic E-state index is 0.0976. The first-order valence-electron chi connectivity index (χ1n) is 11.4. The molecule has 10 nitrogen and oxygen atoms in total. The Morgan fingerprint density at radius 2 is 1.85 bits per heavy atom. The van der Waals surface area contributed by atoms with Crippen LogP contribution in [0.4, 0.5) is 11.5 Å². The second-order valence-electron chi connectivity index (χ2n) is 8.61. The molecule has 2 atom stereocenters. The zero-order valence-corrected chi connectivity index (χ0v) is 19.4. The molecule has 2 aromatic heterocycles. The molecule has 1 saturated carbocycles. The number of nitrogens with one attached hydrogen (secondary N) is 2. The van der Waals surface area contributed by atoms with Crippen molar-refractivity contribution in [2.24, 2.45) is 5.92 Å². The van der Waals surface area contributed by atoms with E-state index < -0.39 is 10.0 Å². The number of nitriles is 1. The van der Waals surface area contributed by atoms with Crippen LogP contribution in [0.25, 0.3) is 10.9 Å². The molecule has 1 aliphatic carbocycles. The maximum Gasteiger partial charge on any atom is 0.261 e. The minimum atomic E-state index is -3.59. The second kappa shape index (κ2) is 9.21. The predicted octanol–water partition coefficient (Wildman–Crippen LogP) is 2.74. The number of morpholine rings is 1. The third-order valence-corrected chi connectivity index (χ3v) is 8.48. The summed E-state index contributed by atoms with van der Waals surface area (Å²) >= 11 is 0. The Morgan fingerprint density at radius 1 is 1.12 bits per heavy atom. The number of H-pyrrole nitrogens is 1. The van der Waals surface area contributed by atoms with Crippen LogP contribution in [0.5, 0.6) is 0 Å². The van der Waals surface area contributed by atoms with E-state index in [0.29, 0.717) is 48.7 Å². The standard InChI is InChI=1S/C23H26N6O4S/c24-15-16-3-1-2-4-19(16)29-20-9-10-25-23(30)21(20)22(27-29)26-17-5-7-18(8-6-17)34(31,32)28-11-13-33-14-12-28/h5-10,16,19H,1-4,11-14H2,(H,25,30)(H,26,27). The molecule has 0 bridgehead atoms. The Morgan fingerprint density at radius 3 is 2.59 bits per heavy atom. The van der Waals surface area contributed by atoms with E-state index in [1.54, 1.807) is 41.2 Å². The number of benzene rings is 1. The van der Waals surface area contributed by atoms with Crippen LogP contribution in [0, 0.1) is 17.2 Å². The van der Waals surface area contributed by atoms with Crippen LogP contribution in [0.2, 0.25) is 0 Å². The van der Waals surface area contributed by atoms with E-state index in [2.05, 4.69) is 16.4 Å². The van der Waals surface area contributed by atoms with Crippen molar-refractivity contribution < 1.29 is 13.2 Å². The van der Waals surface area contributed by atoms with Crippen molar-refractivity contribution in [1.29, 1.82) is 5.26 Å². The van der Waals surface area contributed by atoms with Crippen LogP contribution in [0.3, 0.4) is 0 Å². The maximum absolute atomic E-state index is 12.9. The summed E-state index contributed by atoms with van der Waals surface area (Å²) < 4.78 is 34.2. The van der Waals surface area contributed by atoms with Crippen LogP contribution in [0.15, 0.2) is 46.2 Å². The number of rotatable bonds is 5. The van der Waals surface area contributed by atoms with Crippen LogP contribution in [-0.2, 0) is 14.8 Å². The molecule has 0 radical (unpaired) electrons. The first kappa shape index (κ1) is 22.6. The lowest BCUT2D eigenvalue weighted by Gasteiger charge is -2.27. The summed E-state index contributed by atoms with van der Waals surface area (Å²) in [5.74, 6) is 0.219. The molecule has 2 unspecified atom stereocenters. The number of anilines is 2. The molecule has 3 aromatic rings. The van der Waals surface area contributed by atoms with Crippen LogP contribution < -0.4 is 10.9 Å². The molecule has 0 amide bonds. The van der Waals surface area contributed by atoms with Gasteiger partial charge in [0, 0.05) is 25.0 Å².